The number of fused-ring (bicyclic) bond motifs is 1. The average molecular weight is 603 g/mol. The molecule has 0 saturated heterocycles. The number of carboxylic acids is 1. The van der Waals surface area contributed by atoms with E-state index in [0.29, 0.717) is 4.90 Å². The van der Waals surface area contributed by atoms with Crippen LogP contribution in [0.2, 0.25) is 0 Å². The number of unbranched alkanes of at least 4 members (excludes halogenated alkanes) is 8. The van der Waals surface area contributed by atoms with Crippen molar-refractivity contribution in [1.82, 2.24) is 0 Å². The van der Waals surface area contributed by atoms with Gasteiger partial charge in [0.25, 0.3) is 0 Å². The van der Waals surface area contributed by atoms with Crippen LogP contribution in [0, 0.1) is 0 Å². The lowest BCUT2D eigenvalue weighted by molar-refractivity contribution is -0.137. The van der Waals surface area contributed by atoms with Crippen molar-refractivity contribution in [3.05, 3.63) is 99.9 Å². The molecule has 0 aliphatic heterocycles. The first kappa shape index (κ1) is 33.2. The van der Waals surface area contributed by atoms with Gasteiger partial charge in [-0.2, -0.15) is 13.2 Å². The molecule has 1 heterocycles. The number of allylic oxidation sites excluding steroid dienone is 3. The van der Waals surface area contributed by atoms with Crippen LogP contribution in [0.1, 0.15) is 92.5 Å². The number of rotatable bonds is 16. The fourth-order valence-corrected chi connectivity index (χ4v) is 5.60. The lowest BCUT2D eigenvalue weighted by atomic mass is 10.0. The average Bonchev–Trinajstić information content (AvgIpc) is 2.96. The van der Waals surface area contributed by atoms with E-state index in [4.69, 9.17) is 4.42 Å². The Balaban J connectivity index is 1.75. The van der Waals surface area contributed by atoms with E-state index in [1.165, 1.54) is 62.8 Å². The fourth-order valence-electron chi connectivity index (χ4n) is 4.51. The van der Waals surface area contributed by atoms with Crippen LogP contribution in [0.15, 0.2) is 86.9 Å². The highest BCUT2D eigenvalue weighted by Crippen LogP contribution is 2.37. The smallest absolute Gasteiger partial charge is 0.416 e. The number of carbonyl (C=O) groups is 1. The van der Waals surface area contributed by atoms with Gasteiger partial charge in [0.15, 0.2) is 5.43 Å². The SMILES string of the molecule is CCCCCCCCCCC=CC=C[C@@H](Sc1ccc2c(=O)cc(C(=O)O)oc2c1)[C@@H](O)c1cccc(C(F)(F)F)c1. The van der Waals surface area contributed by atoms with Crippen LogP contribution >= 0.6 is 11.8 Å². The molecule has 42 heavy (non-hydrogen) atoms. The molecule has 3 aromatic rings. The Morgan fingerprint density at radius 2 is 1.69 bits per heavy atom. The third kappa shape index (κ3) is 10.2. The predicted molar refractivity (Wildman–Crippen MR) is 161 cm³/mol. The lowest BCUT2D eigenvalue weighted by Gasteiger charge is -2.21. The largest absolute Gasteiger partial charge is 0.475 e. The van der Waals surface area contributed by atoms with E-state index < -0.39 is 40.3 Å². The van der Waals surface area contributed by atoms with Gasteiger partial charge in [-0.05, 0) is 48.7 Å². The standard InChI is InChI=1S/C33H37F3O5S/c1-2-3-4-5-6-7-8-9-10-11-12-13-17-30(31(38)23-15-14-16-24(20-23)33(34,35)36)42-25-18-19-26-27(37)22-29(32(39)40)41-28(26)21-25/h11-22,30-31,38H,2-10H2,1H3,(H,39,40)/t30-,31+/m1/s1. The van der Waals surface area contributed by atoms with Crippen molar-refractivity contribution in [2.75, 3.05) is 0 Å². The molecule has 2 aromatic carbocycles. The van der Waals surface area contributed by atoms with Gasteiger partial charge >= 0.3 is 12.1 Å². The van der Waals surface area contributed by atoms with Crippen LogP contribution in [0.3, 0.4) is 0 Å². The Labute approximate surface area is 248 Å². The van der Waals surface area contributed by atoms with Crippen LogP contribution in [0.4, 0.5) is 13.2 Å². The number of benzene rings is 2. The van der Waals surface area contributed by atoms with Gasteiger partial charge in [0.05, 0.1) is 22.3 Å². The predicted octanol–water partition coefficient (Wildman–Crippen LogP) is 9.35. The monoisotopic (exact) mass is 602 g/mol. The van der Waals surface area contributed by atoms with E-state index in [0.717, 1.165) is 49.2 Å². The van der Waals surface area contributed by atoms with E-state index in [2.05, 4.69) is 6.92 Å². The van der Waals surface area contributed by atoms with Crippen molar-refractivity contribution >= 4 is 28.7 Å². The molecule has 2 atom stereocenters. The zero-order chi connectivity index (χ0) is 30.5. The Hall–Kier alpha value is -3.30. The Morgan fingerprint density at radius 1 is 0.976 bits per heavy atom. The number of aromatic carboxylic acids is 1. The van der Waals surface area contributed by atoms with Crippen molar-refractivity contribution in [3.8, 4) is 0 Å². The molecule has 0 saturated carbocycles. The minimum absolute atomic E-state index is 0.0615. The molecule has 0 amide bonds. The van der Waals surface area contributed by atoms with Crippen molar-refractivity contribution in [2.24, 2.45) is 0 Å². The van der Waals surface area contributed by atoms with Gasteiger partial charge in [0.1, 0.15) is 5.58 Å². The maximum Gasteiger partial charge on any atom is 0.416 e. The second-order valence-corrected chi connectivity index (χ2v) is 11.4. The highest BCUT2D eigenvalue weighted by atomic mass is 32.2. The van der Waals surface area contributed by atoms with E-state index >= 15 is 0 Å². The summed E-state index contributed by atoms with van der Waals surface area (Å²) in [5.41, 5.74) is -1.19. The maximum absolute atomic E-state index is 13.3. The van der Waals surface area contributed by atoms with Crippen molar-refractivity contribution in [2.45, 2.75) is 87.1 Å². The second kappa shape index (κ2) is 16.4. The van der Waals surface area contributed by atoms with E-state index in [1.54, 1.807) is 18.2 Å². The summed E-state index contributed by atoms with van der Waals surface area (Å²) < 4.78 is 45.4. The van der Waals surface area contributed by atoms with Gasteiger partial charge in [-0.15, -0.1) is 11.8 Å². The van der Waals surface area contributed by atoms with Gasteiger partial charge in [-0.1, -0.05) is 88.3 Å². The van der Waals surface area contributed by atoms with Crippen molar-refractivity contribution in [1.29, 1.82) is 0 Å². The molecule has 2 N–H and O–H groups in total. The zero-order valence-corrected chi connectivity index (χ0v) is 24.4. The Bertz CT molecular complexity index is 1430. The molecule has 9 heteroatoms. The van der Waals surface area contributed by atoms with Crippen LogP contribution < -0.4 is 5.43 Å². The number of hydrogen-bond acceptors (Lipinski definition) is 5. The molecule has 0 bridgehead atoms. The van der Waals surface area contributed by atoms with Crippen molar-refractivity contribution in [3.63, 3.8) is 0 Å². The first-order chi connectivity index (χ1) is 20.1. The fraction of sp³-hybridized carbons (Fsp3) is 0.394. The lowest BCUT2D eigenvalue weighted by Crippen LogP contribution is -2.14. The summed E-state index contributed by atoms with van der Waals surface area (Å²) in [6, 6.07) is 10.1. The van der Waals surface area contributed by atoms with E-state index in [-0.39, 0.29) is 16.5 Å². The van der Waals surface area contributed by atoms with Gasteiger partial charge < -0.3 is 14.6 Å². The number of hydrogen-bond donors (Lipinski definition) is 2. The maximum atomic E-state index is 13.3. The summed E-state index contributed by atoms with van der Waals surface area (Å²) in [4.78, 5) is 24.2. The molecular weight excluding hydrogens is 565 g/mol. The van der Waals surface area contributed by atoms with Crippen LogP contribution in [0.5, 0.6) is 0 Å². The number of halogens is 3. The second-order valence-electron chi connectivity index (χ2n) is 10.2. The third-order valence-corrected chi connectivity index (χ3v) is 8.04. The van der Waals surface area contributed by atoms with Crippen molar-refractivity contribution < 1.29 is 32.6 Å². The molecule has 0 radical (unpaired) electrons. The van der Waals surface area contributed by atoms with Gasteiger partial charge in [0, 0.05) is 11.0 Å². The first-order valence-corrected chi connectivity index (χ1v) is 15.1. The highest BCUT2D eigenvalue weighted by molar-refractivity contribution is 8.00. The third-order valence-electron chi connectivity index (χ3n) is 6.82. The molecule has 0 unspecified atom stereocenters. The van der Waals surface area contributed by atoms with Crippen LogP contribution in [-0.4, -0.2) is 21.4 Å². The molecular formula is C33H37F3O5S. The topological polar surface area (TPSA) is 87.7 Å². The number of aliphatic hydroxyl groups excluding tert-OH is 1. The summed E-state index contributed by atoms with van der Waals surface area (Å²) in [5, 5.41) is 19.9. The van der Waals surface area contributed by atoms with Gasteiger partial charge in [-0.25, -0.2) is 4.79 Å². The normalized spacial score (nSPS) is 13.7. The highest BCUT2D eigenvalue weighted by Gasteiger charge is 2.31. The number of thioether (sulfide) groups is 1. The minimum Gasteiger partial charge on any atom is -0.475 e. The molecule has 0 aliphatic rings. The molecule has 226 valence electrons. The summed E-state index contributed by atoms with van der Waals surface area (Å²) in [6.45, 7) is 2.20. The van der Waals surface area contributed by atoms with E-state index in [1.807, 2.05) is 12.2 Å². The molecule has 5 nitrogen and oxygen atoms in total. The van der Waals surface area contributed by atoms with E-state index in [9.17, 15) is 33.0 Å². The molecule has 3 rings (SSSR count). The van der Waals surface area contributed by atoms with Crippen LogP contribution in [-0.2, 0) is 6.18 Å². The molecule has 0 fully saturated rings. The molecule has 0 aliphatic carbocycles. The number of carboxylic acid groups (broad SMARTS) is 1. The summed E-state index contributed by atoms with van der Waals surface area (Å²) in [7, 11) is 0. The zero-order valence-electron chi connectivity index (χ0n) is 23.6. The number of alkyl halides is 3. The summed E-state index contributed by atoms with van der Waals surface area (Å²) in [5.74, 6) is -1.89. The molecule has 1 aromatic heterocycles. The quantitative estimate of drug-likeness (QED) is 0.0965. The Morgan fingerprint density at radius 3 is 2.38 bits per heavy atom. The van der Waals surface area contributed by atoms with Gasteiger partial charge in [0.2, 0.25) is 5.76 Å². The number of aliphatic hydroxyl groups is 1. The minimum atomic E-state index is -4.55. The van der Waals surface area contributed by atoms with Crippen LogP contribution in [0.25, 0.3) is 11.0 Å². The van der Waals surface area contributed by atoms with Gasteiger partial charge in [-0.3, -0.25) is 4.79 Å². The summed E-state index contributed by atoms with van der Waals surface area (Å²) in [6.07, 6.45) is 12.3. The Kier molecular flexibility index (Phi) is 12.9. The molecule has 0 spiro atoms. The summed E-state index contributed by atoms with van der Waals surface area (Å²) >= 11 is 1.16. The first-order valence-electron chi connectivity index (χ1n) is 14.3.